The van der Waals surface area contributed by atoms with Crippen molar-refractivity contribution < 1.29 is 23.9 Å². The normalized spacial score (nSPS) is 19.1. The van der Waals surface area contributed by atoms with E-state index in [1.165, 1.54) is 11.1 Å². The zero-order valence-electron chi connectivity index (χ0n) is 22.2. The van der Waals surface area contributed by atoms with Crippen molar-refractivity contribution in [2.45, 2.75) is 51.4 Å². The maximum absolute atomic E-state index is 13.9. The largest absolute Gasteiger partial charge is 0.489 e. The summed E-state index contributed by atoms with van der Waals surface area (Å²) >= 11 is 0. The lowest BCUT2D eigenvalue weighted by Gasteiger charge is -2.29. The first-order chi connectivity index (χ1) is 19.4. The summed E-state index contributed by atoms with van der Waals surface area (Å²) in [4.78, 5) is 55.0. The fraction of sp³-hybridized carbons (Fsp3) is 0.357. The molecule has 12 nitrogen and oxygen atoms in total. The number of aromatic nitrogens is 3. The van der Waals surface area contributed by atoms with Crippen LogP contribution in [0.15, 0.2) is 54.7 Å². The molecule has 5 rings (SSSR count). The number of hydrogen-bond donors (Lipinski definition) is 4. The summed E-state index contributed by atoms with van der Waals surface area (Å²) < 4.78 is 5.97. The molecule has 2 aromatic carbocycles. The summed E-state index contributed by atoms with van der Waals surface area (Å²) in [6, 6.07) is 11.2. The van der Waals surface area contributed by atoms with Crippen LogP contribution in [0.1, 0.15) is 41.9 Å². The molecule has 4 N–H and O–H groups in total. The predicted molar refractivity (Wildman–Crippen MR) is 144 cm³/mol. The average Bonchev–Trinajstić information content (AvgIpc) is 3.61. The van der Waals surface area contributed by atoms with Crippen LogP contribution in [-0.4, -0.2) is 63.8 Å². The first-order valence-corrected chi connectivity index (χ1v) is 13.2. The van der Waals surface area contributed by atoms with Gasteiger partial charge in [-0.15, -0.1) is 0 Å². The number of amides is 4. The second-order valence-corrected chi connectivity index (χ2v) is 9.95. The zero-order valence-corrected chi connectivity index (χ0v) is 22.2. The smallest absolute Gasteiger partial charge is 0.253 e. The molecule has 2 aliphatic rings. The highest BCUT2D eigenvalue weighted by Gasteiger charge is 2.45. The topological polar surface area (TPSA) is 158 Å². The van der Waals surface area contributed by atoms with E-state index in [4.69, 9.17) is 4.74 Å². The monoisotopic (exact) mass is 545 g/mol. The maximum Gasteiger partial charge on any atom is 0.253 e. The quantitative estimate of drug-likeness (QED) is 0.313. The fourth-order valence-corrected chi connectivity index (χ4v) is 4.95. The lowest BCUT2D eigenvalue weighted by Crippen LogP contribution is -2.59. The van der Waals surface area contributed by atoms with E-state index in [1.54, 1.807) is 36.4 Å². The standard InChI is InChI=1S/C28H31N7O5/c1-3-16(2)23(32-25(36)17-8-5-4-6-9-17)27(38)31-20-15-40-22-11-7-10-18-12-21(35(24(18)22)28(20)39)26(37)29-13-19-14-30-34-33-19/h4-11,14,16,20-21,23H,3,12-13,15H2,1-2H3,(H,29,37)(H,31,38)(H,32,36)(H,30,33,34)/t16-,20-,21+,23-/m0/s1. The maximum atomic E-state index is 13.9. The summed E-state index contributed by atoms with van der Waals surface area (Å²) in [5.41, 5.74) is 2.31. The number of ether oxygens (including phenoxy) is 1. The van der Waals surface area contributed by atoms with Crippen LogP contribution in [0.5, 0.6) is 5.75 Å². The lowest BCUT2D eigenvalue weighted by molar-refractivity contribution is -0.131. The van der Waals surface area contributed by atoms with Crippen molar-refractivity contribution in [2.24, 2.45) is 5.92 Å². The van der Waals surface area contributed by atoms with Crippen LogP contribution < -0.4 is 25.6 Å². The van der Waals surface area contributed by atoms with Gasteiger partial charge in [0, 0.05) is 12.0 Å². The van der Waals surface area contributed by atoms with Gasteiger partial charge < -0.3 is 20.7 Å². The molecular weight excluding hydrogens is 514 g/mol. The van der Waals surface area contributed by atoms with Gasteiger partial charge in [0.1, 0.15) is 36.2 Å². The first-order valence-electron chi connectivity index (χ1n) is 13.2. The Kier molecular flexibility index (Phi) is 7.76. The number of benzene rings is 2. The van der Waals surface area contributed by atoms with Gasteiger partial charge in [0.25, 0.3) is 11.8 Å². The van der Waals surface area contributed by atoms with Gasteiger partial charge in [0.2, 0.25) is 11.8 Å². The highest BCUT2D eigenvalue weighted by atomic mass is 16.5. The summed E-state index contributed by atoms with van der Waals surface area (Å²) in [5.74, 6) is -1.46. The third-order valence-corrected chi connectivity index (χ3v) is 7.34. The predicted octanol–water partition coefficient (Wildman–Crippen LogP) is 1.10. The van der Waals surface area contributed by atoms with Crippen LogP contribution in [0.2, 0.25) is 0 Å². The van der Waals surface area contributed by atoms with E-state index in [2.05, 4.69) is 31.4 Å². The number of anilines is 1. The van der Waals surface area contributed by atoms with E-state index in [9.17, 15) is 19.2 Å². The van der Waals surface area contributed by atoms with Gasteiger partial charge in [-0.2, -0.15) is 15.4 Å². The SMILES string of the molecule is CC[C@H](C)[C@H](NC(=O)c1ccccc1)C(=O)N[C@H]1COc2cccc3c2N(C1=O)[C@@H](C(=O)NCc1cn[nH]n1)C3. The van der Waals surface area contributed by atoms with Crippen molar-refractivity contribution in [3.8, 4) is 5.75 Å². The van der Waals surface area contributed by atoms with E-state index < -0.39 is 29.9 Å². The summed E-state index contributed by atoms with van der Waals surface area (Å²) in [7, 11) is 0. The van der Waals surface area contributed by atoms with E-state index in [-0.39, 0.29) is 30.9 Å². The van der Waals surface area contributed by atoms with Gasteiger partial charge in [-0.3, -0.25) is 24.1 Å². The van der Waals surface area contributed by atoms with Crippen molar-refractivity contribution in [2.75, 3.05) is 11.5 Å². The highest BCUT2D eigenvalue weighted by molar-refractivity contribution is 6.08. The van der Waals surface area contributed by atoms with Crippen LogP contribution in [0.25, 0.3) is 0 Å². The molecule has 1 aromatic heterocycles. The van der Waals surface area contributed by atoms with Gasteiger partial charge in [0.05, 0.1) is 18.4 Å². The Morgan fingerprint density at radius 2 is 1.95 bits per heavy atom. The molecule has 4 amide bonds. The Morgan fingerprint density at radius 1 is 1.15 bits per heavy atom. The molecule has 0 fully saturated rings. The average molecular weight is 546 g/mol. The highest BCUT2D eigenvalue weighted by Crippen LogP contribution is 2.42. The van der Waals surface area contributed by atoms with Gasteiger partial charge in [-0.1, -0.05) is 50.6 Å². The molecule has 0 bridgehead atoms. The second kappa shape index (κ2) is 11.6. The van der Waals surface area contributed by atoms with E-state index in [1.807, 2.05) is 26.0 Å². The molecule has 0 radical (unpaired) electrons. The number of carbonyl (C=O) groups is 4. The Bertz CT molecular complexity index is 1400. The Morgan fingerprint density at radius 3 is 2.67 bits per heavy atom. The molecule has 0 unspecified atom stereocenters. The number of carbonyl (C=O) groups excluding carboxylic acids is 4. The molecule has 40 heavy (non-hydrogen) atoms. The minimum Gasteiger partial charge on any atom is -0.489 e. The van der Waals surface area contributed by atoms with Gasteiger partial charge in [-0.25, -0.2) is 0 Å². The van der Waals surface area contributed by atoms with Crippen LogP contribution in [0.4, 0.5) is 5.69 Å². The molecule has 0 spiro atoms. The number of H-pyrrole nitrogens is 1. The van der Waals surface area contributed by atoms with Crippen molar-refractivity contribution in [1.82, 2.24) is 31.4 Å². The van der Waals surface area contributed by atoms with Gasteiger partial charge >= 0.3 is 0 Å². The summed E-state index contributed by atoms with van der Waals surface area (Å²) in [5, 5.41) is 18.6. The molecule has 3 aromatic rings. The number of nitrogens with zero attached hydrogens (tertiary/aromatic N) is 3. The number of aromatic amines is 1. The fourth-order valence-electron chi connectivity index (χ4n) is 4.95. The minimum atomic E-state index is -1.07. The number of nitrogens with one attached hydrogen (secondary N) is 4. The van der Waals surface area contributed by atoms with Crippen molar-refractivity contribution in [1.29, 1.82) is 0 Å². The molecule has 0 saturated heterocycles. The molecule has 3 heterocycles. The van der Waals surface area contributed by atoms with Crippen molar-refractivity contribution in [3.63, 3.8) is 0 Å². The molecule has 208 valence electrons. The van der Waals surface area contributed by atoms with E-state index >= 15 is 0 Å². The molecule has 0 saturated carbocycles. The number of para-hydroxylation sites is 1. The first kappa shape index (κ1) is 26.9. The van der Waals surface area contributed by atoms with E-state index in [0.29, 0.717) is 35.5 Å². The van der Waals surface area contributed by atoms with Gasteiger partial charge in [0.15, 0.2) is 0 Å². The lowest BCUT2D eigenvalue weighted by atomic mass is 9.97. The van der Waals surface area contributed by atoms with Crippen LogP contribution in [0.3, 0.4) is 0 Å². The number of rotatable bonds is 9. The third-order valence-electron chi connectivity index (χ3n) is 7.34. The molecule has 4 atom stereocenters. The molecule has 2 aliphatic heterocycles. The summed E-state index contributed by atoms with van der Waals surface area (Å²) in [6.45, 7) is 3.80. The molecular formula is C28H31N7O5. The molecule has 0 aliphatic carbocycles. The Labute approximate surface area is 230 Å². The van der Waals surface area contributed by atoms with Crippen molar-refractivity contribution >= 4 is 29.3 Å². The Balaban J connectivity index is 1.35. The zero-order chi connectivity index (χ0) is 28.2. The van der Waals surface area contributed by atoms with Crippen LogP contribution in [-0.2, 0) is 27.3 Å². The van der Waals surface area contributed by atoms with Crippen LogP contribution >= 0.6 is 0 Å². The summed E-state index contributed by atoms with van der Waals surface area (Å²) in [6.07, 6.45) is 2.42. The Hall–Kier alpha value is -4.74. The van der Waals surface area contributed by atoms with Crippen molar-refractivity contribution in [3.05, 3.63) is 71.5 Å². The van der Waals surface area contributed by atoms with Gasteiger partial charge in [-0.05, 0) is 29.7 Å². The minimum absolute atomic E-state index is 0.120. The molecule has 12 heteroatoms. The number of hydrogen-bond acceptors (Lipinski definition) is 7. The van der Waals surface area contributed by atoms with E-state index in [0.717, 1.165) is 5.56 Å². The van der Waals surface area contributed by atoms with Crippen LogP contribution in [0, 0.1) is 5.92 Å². The third kappa shape index (κ3) is 5.37. The second-order valence-electron chi connectivity index (χ2n) is 9.95.